The van der Waals surface area contributed by atoms with Crippen LogP contribution in [-0.4, -0.2) is 47.1 Å². The Morgan fingerprint density at radius 3 is 2.50 bits per heavy atom. The zero-order chi connectivity index (χ0) is 22.1. The summed E-state index contributed by atoms with van der Waals surface area (Å²) in [5.41, 5.74) is -3.00. The van der Waals surface area contributed by atoms with Crippen LogP contribution >= 0.6 is 22.6 Å². The van der Waals surface area contributed by atoms with Crippen LogP contribution in [0.5, 0.6) is 0 Å². The smallest absolute Gasteiger partial charge is 0.264 e. The van der Waals surface area contributed by atoms with Crippen LogP contribution in [0.15, 0.2) is 43.0 Å². The fraction of sp³-hybridized carbons (Fsp3) is 0.200. The van der Waals surface area contributed by atoms with Gasteiger partial charge in [0.15, 0.2) is 17.2 Å². The number of benzene rings is 2. The van der Waals surface area contributed by atoms with E-state index in [2.05, 4.69) is 17.2 Å². The summed E-state index contributed by atoms with van der Waals surface area (Å²) in [7, 11) is 0. The van der Waals surface area contributed by atoms with E-state index in [0.717, 1.165) is 12.1 Å². The Morgan fingerprint density at radius 2 is 1.93 bits per heavy atom. The summed E-state index contributed by atoms with van der Waals surface area (Å²) in [6.45, 7) is 3.11. The van der Waals surface area contributed by atoms with E-state index in [1.807, 2.05) is 22.6 Å². The Hall–Kier alpha value is -2.44. The lowest BCUT2D eigenvalue weighted by Crippen LogP contribution is -2.68. The minimum Gasteiger partial charge on any atom is -0.377 e. The molecule has 3 N–H and O–H groups in total. The maximum absolute atomic E-state index is 14.6. The molecule has 1 heterocycles. The molecule has 0 aromatic heterocycles. The summed E-state index contributed by atoms with van der Waals surface area (Å²) in [6, 6.07) is 5.74. The van der Waals surface area contributed by atoms with E-state index in [4.69, 9.17) is 0 Å². The topological polar surface area (TPSA) is 81.7 Å². The molecule has 10 heteroatoms. The van der Waals surface area contributed by atoms with Crippen molar-refractivity contribution in [3.8, 4) is 0 Å². The number of nitrogens with one attached hydrogen (secondary N) is 2. The molecule has 0 bridgehead atoms. The first kappa shape index (κ1) is 22.2. The molecule has 0 aliphatic carbocycles. The summed E-state index contributed by atoms with van der Waals surface area (Å²) in [5, 5.41) is 15.4. The van der Waals surface area contributed by atoms with Crippen molar-refractivity contribution in [3.63, 3.8) is 0 Å². The second kappa shape index (κ2) is 8.74. The Balaban J connectivity index is 2.03. The van der Waals surface area contributed by atoms with Crippen LogP contribution in [0.4, 0.5) is 24.5 Å². The first-order chi connectivity index (χ1) is 14.2. The minimum atomic E-state index is -1.78. The SMILES string of the molecule is C=CCN(C(=O)c1ccc(F)c(F)c1Nc1ccc(I)cc1F)C(=O)C1(O)CNC1. The van der Waals surface area contributed by atoms with Crippen LogP contribution in [0.3, 0.4) is 0 Å². The zero-order valence-corrected chi connectivity index (χ0v) is 17.7. The third kappa shape index (κ3) is 4.20. The van der Waals surface area contributed by atoms with Crippen molar-refractivity contribution in [3.05, 3.63) is 69.6 Å². The van der Waals surface area contributed by atoms with E-state index in [9.17, 15) is 27.9 Å². The van der Waals surface area contributed by atoms with Crippen LogP contribution in [0.25, 0.3) is 0 Å². The van der Waals surface area contributed by atoms with Gasteiger partial charge in [-0.05, 0) is 52.9 Å². The lowest BCUT2D eigenvalue weighted by Gasteiger charge is -2.39. The van der Waals surface area contributed by atoms with Gasteiger partial charge in [-0.15, -0.1) is 6.58 Å². The molecule has 30 heavy (non-hydrogen) atoms. The van der Waals surface area contributed by atoms with E-state index in [0.29, 0.717) is 8.47 Å². The number of anilines is 2. The molecule has 0 saturated carbocycles. The van der Waals surface area contributed by atoms with Crippen molar-refractivity contribution >= 4 is 45.8 Å². The molecule has 1 fully saturated rings. The van der Waals surface area contributed by atoms with Crippen LogP contribution in [0.1, 0.15) is 10.4 Å². The van der Waals surface area contributed by atoms with Gasteiger partial charge in [0.2, 0.25) is 0 Å². The molecule has 2 amide bonds. The van der Waals surface area contributed by atoms with Gasteiger partial charge in [0.25, 0.3) is 11.8 Å². The number of amides is 2. The summed E-state index contributed by atoms with van der Waals surface area (Å²) >= 11 is 1.89. The number of halogens is 4. The number of hydrogen-bond acceptors (Lipinski definition) is 5. The van der Waals surface area contributed by atoms with Crippen LogP contribution in [0, 0.1) is 21.0 Å². The molecule has 1 aliphatic rings. The normalized spacial score (nSPS) is 14.6. The Bertz CT molecular complexity index is 1030. The standard InChI is InChI=1S/C20H17F3IN3O3/c1-2-7-27(19(29)20(30)9-25-10-20)18(28)12-4-5-13(21)16(23)17(12)26-15-6-3-11(24)8-14(15)22/h2-6,8,25-26,30H,1,7,9-10H2. The van der Waals surface area contributed by atoms with Crippen molar-refractivity contribution in [2.45, 2.75) is 5.60 Å². The summed E-state index contributed by atoms with van der Waals surface area (Å²) < 4.78 is 43.3. The molecule has 0 radical (unpaired) electrons. The predicted molar refractivity (Wildman–Crippen MR) is 113 cm³/mol. The van der Waals surface area contributed by atoms with Crippen molar-refractivity contribution in [2.75, 3.05) is 25.0 Å². The maximum atomic E-state index is 14.6. The second-order valence-electron chi connectivity index (χ2n) is 6.68. The molecule has 3 rings (SSSR count). The Morgan fingerprint density at radius 1 is 1.23 bits per heavy atom. The molecular weight excluding hydrogens is 514 g/mol. The number of aliphatic hydroxyl groups is 1. The number of carbonyl (C=O) groups excluding carboxylic acids is 2. The molecule has 2 aromatic carbocycles. The molecule has 1 saturated heterocycles. The zero-order valence-electron chi connectivity index (χ0n) is 15.5. The van der Waals surface area contributed by atoms with Crippen LogP contribution in [0.2, 0.25) is 0 Å². The lowest BCUT2D eigenvalue weighted by molar-refractivity contribution is -0.153. The van der Waals surface area contributed by atoms with Gasteiger partial charge in [0.05, 0.1) is 16.9 Å². The minimum absolute atomic E-state index is 0.0521. The largest absolute Gasteiger partial charge is 0.377 e. The highest BCUT2D eigenvalue weighted by Gasteiger charge is 2.46. The van der Waals surface area contributed by atoms with Gasteiger partial charge in [-0.3, -0.25) is 14.5 Å². The van der Waals surface area contributed by atoms with Crippen molar-refractivity contribution in [2.24, 2.45) is 0 Å². The first-order valence-corrected chi connectivity index (χ1v) is 9.86. The Kier molecular flexibility index (Phi) is 6.48. The Labute approximate surface area is 183 Å². The number of carbonyl (C=O) groups is 2. The lowest BCUT2D eigenvalue weighted by atomic mass is 9.95. The third-order valence-corrected chi connectivity index (χ3v) is 5.22. The highest BCUT2D eigenvalue weighted by Crippen LogP contribution is 2.30. The average molecular weight is 531 g/mol. The highest BCUT2D eigenvalue weighted by atomic mass is 127. The van der Waals surface area contributed by atoms with Gasteiger partial charge < -0.3 is 15.7 Å². The monoisotopic (exact) mass is 531 g/mol. The van der Waals surface area contributed by atoms with Gasteiger partial charge in [-0.1, -0.05) is 6.08 Å². The van der Waals surface area contributed by atoms with E-state index >= 15 is 0 Å². The van der Waals surface area contributed by atoms with E-state index < -0.39 is 46.1 Å². The molecular formula is C20H17F3IN3O3. The van der Waals surface area contributed by atoms with E-state index in [1.54, 1.807) is 0 Å². The van der Waals surface area contributed by atoms with E-state index in [1.165, 1.54) is 24.3 Å². The molecule has 158 valence electrons. The van der Waals surface area contributed by atoms with Crippen LogP contribution in [-0.2, 0) is 4.79 Å². The fourth-order valence-electron chi connectivity index (χ4n) is 2.87. The molecule has 6 nitrogen and oxygen atoms in total. The quantitative estimate of drug-likeness (QED) is 0.304. The average Bonchev–Trinajstić information content (AvgIpc) is 2.68. The second-order valence-corrected chi connectivity index (χ2v) is 7.92. The van der Waals surface area contributed by atoms with Gasteiger partial charge in [0.1, 0.15) is 5.82 Å². The van der Waals surface area contributed by atoms with Gasteiger partial charge in [-0.2, -0.15) is 0 Å². The summed E-state index contributed by atoms with van der Waals surface area (Å²) in [5.74, 6) is -5.30. The number of imide groups is 1. The molecule has 2 aromatic rings. The van der Waals surface area contributed by atoms with Gasteiger partial charge >= 0.3 is 0 Å². The number of rotatable bonds is 6. The number of nitrogens with zero attached hydrogens (tertiary/aromatic N) is 1. The molecule has 1 aliphatic heterocycles. The van der Waals surface area contributed by atoms with Gasteiger partial charge in [-0.25, -0.2) is 13.2 Å². The first-order valence-electron chi connectivity index (χ1n) is 8.78. The molecule has 0 spiro atoms. The predicted octanol–water partition coefficient (Wildman–Crippen LogP) is 2.94. The van der Waals surface area contributed by atoms with Crippen molar-refractivity contribution in [1.29, 1.82) is 0 Å². The third-order valence-electron chi connectivity index (χ3n) is 4.55. The number of β-amino-alcohol motifs (C(OH)–C–C–N with tert-alkyl or cyclic N) is 1. The molecule has 0 unspecified atom stereocenters. The maximum Gasteiger partial charge on any atom is 0.264 e. The van der Waals surface area contributed by atoms with Crippen molar-refractivity contribution in [1.82, 2.24) is 10.2 Å². The summed E-state index contributed by atoms with van der Waals surface area (Å²) in [4.78, 5) is 26.5. The highest BCUT2D eigenvalue weighted by molar-refractivity contribution is 14.1. The van der Waals surface area contributed by atoms with Crippen LogP contribution < -0.4 is 10.6 Å². The molecule has 0 atom stereocenters. The summed E-state index contributed by atoms with van der Waals surface area (Å²) in [6.07, 6.45) is 1.26. The van der Waals surface area contributed by atoms with Crippen molar-refractivity contribution < 1.29 is 27.9 Å². The van der Waals surface area contributed by atoms with E-state index in [-0.39, 0.29) is 25.3 Å². The van der Waals surface area contributed by atoms with Gasteiger partial charge in [0, 0.05) is 23.2 Å². The fourth-order valence-corrected chi connectivity index (χ4v) is 3.33. The number of hydrogen-bond donors (Lipinski definition) is 3.